The van der Waals surface area contributed by atoms with Crippen LogP contribution in [0, 0.1) is 6.92 Å². The highest BCUT2D eigenvalue weighted by Gasteiger charge is 2.28. The minimum atomic E-state index is 0.562. The van der Waals surface area contributed by atoms with Gasteiger partial charge in [-0.3, -0.25) is 0 Å². The predicted octanol–water partition coefficient (Wildman–Crippen LogP) is 2.96. The lowest BCUT2D eigenvalue weighted by molar-refractivity contribution is 0.154. The van der Waals surface area contributed by atoms with Crippen LogP contribution in [0.2, 0.25) is 0 Å². The van der Waals surface area contributed by atoms with Crippen molar-refractivity contribution in [1.29, 1.82) is 0 Å². The highest BCUT2D eigenvalue weighted by atomic mass is 16.5. The normalized spacial score (nSPS) is 14.3. The third kappa shape index (κ3) is 4.06. The minimum Gasteiger partial charge on any atom is -0.380 e. The molecule has 1 aromatic rings. The van der Waals surface area contributed by atoms with Crippen LogP contribution in [0.5, 0.6) is 0 Å². The molecule has 5 heteroatoms. The second kappa shape index (κ2) is 7.59. The van der Waals surface area contributed by atoms with Gasteiger partial charge in [0.15, 0.2) is 0 Å². The Labute approximate surface area is 128 Å². The molecule has 0 aromatic carbocycles. The molecule has 1 fully saturated rings. The summed E-state index contributed by atoms with van der Waals surface area (Å²) in [6.07, 6.45) is 2.44. The van der Waals surface area contributed by atoms with Crippen LogP contribution in [-0.2, 0) is 4.74 Å². The number of nitrogens with zero attached hydrogens (tertiary/aromatic N) is 3. The van der Waals surface area contributed by atoms with E-state index in [0.717, 1.165) is 55.9 Å². The molecule has 2 rings (SSSR count). The summed E-state index contributed by atoms with van der Waals surface area (Å²) in [7, 11) is 0. The fourth-order valence-electron chi connectivity index (χ4n) is 2.43. The monoisotopic (exact) mass is 292 g/mol. The lowest BCUT2D eigenvalue weighted by Crippen LogP contribution is -2.29. The van der Waals surface area contributed by atoms with Gasteiger partial charge in [-0.15, -0.1) is 0 Å². The molecule has 1 aliphatic rings. The Hall–Kier alpha value is -1.36. The van der Waals surface area contributed by atoms with Gasteiger partial charge in [-0.1, -0.05) is 0 Å². The molecule has 0 unspecified atom stereocenters. The van der Waals surface area contributed by atoms with E-state index in [-0.39, 0.29) is 0 Å². The van der Waals surface area contributed by atoms with Gasteiger partial charge < -0.3 is 15.0 Å². The van der Waals surface area contributed by atoms with Gasteiger partial charge in [0.2, 0.25) is 0 Å². The molecule has 1 aliphatic carbocycles. The van der Waals surface area contributed by atoms with Gasteiger partial charge in [-0.25, -0.2) is 9.97 Å². The lowest BCUT2D eigenvalue weighted by atomic mass is 10.2. The number of hydrogen-bond donors (Lipinski definition) is 1. The van der Waals surface area contributed by atoms with Crippen LogP contribution in [0.15, 0.2) is 0 Å². The van der Waals surface area contributed by atoms with E-state index in [0.29, 0.717) is 5.92 Å². The van der Waals surface area contributed by atoms with Crippen LogP contribution in [0.3, 0.4) is 0 Å². The summed E-state index contributed by atoms with van der Waals surface area (Å²) in [6.45, 7) is 12.6. The predicted molar refractivity (Wildman–Crippen MR) is 87.3 cm³/mol. The average molecular weight is 292 g/mol. The zero-order valence-electron chi connectivity index (χ0n) is 13.8. The molecule has 0 spiro atoms. The molecular formula is C16H28N4O. The van der Waals surface area contributed by atoms with Crippen molar-refractivity contribution < 1.29 is 4.74 Å². The molecule has 1 saturated carbocycles. The Morgan fingerprint density at radius 3 is 2.57 bits per heavy atom. The summed E-state index contributed by atoms with van der Waals surface area (Å²) < 4.78 is 5.49. The van der Waals surface area contributed by atoms with Gasteiger partial charge >= 0.3 is 0 Å². The van der Waals surface area contributed by atoms with Crippen molar-refractivity contribution in [2.24, 2.45) is 0 Å². The number of aromatic nitrogens is 2. The number of hydrogen-bond acceptors (Lipinski definition) is 5. The quantitative estimate of drug-likeness (QED) is 0.709. The molecule has 0 atom stereocenters. The highest BCUT2D eigenvalue weighted by molar-refractivity contribution is 5.59. The average Bonchev–Trinajstić information content (AvgIpc) is 3.31. The van der Waals surface area contributed by atoms with Gasteiger partial charge in [0.05, 0.1) is 6.61 Å². The highest BCUT2D eigenvalue weighted by Crippen LogP contribution is 2.40. The molecule has 21 heavy (non-hydrogen) atoms. The Kier molecular flexibility index (Phi) is 5.79. The molecule has 0 saturated heterocycles. The third-order valence-corrected chi connectivity index (χ3v) is 3.82. The van der Waals surface area contributed by atoms with Crippen molar-refractivity contribution in [1.82, 2.24) is 9.97 Å². The van der Waals surface area contributed by atoms with Crippen molar-refractivity contribution in [2.75, 3.05) is 43.1 Å². The Morgan fingerprint density at radius 2 is 2.00 bits per heavy atom. The summed E-state index contributed by atoms with van der Waals surface area (Å²) in [5.41, 5.74) is 1.14. The summed E-state index contributed by atoms with van der Waals surface area (Å²) in [4.78, 5) is 11.9. The van der Waals surface area contributed by atoms with Gasteiger partial charge in [0.25, 0.3) is 0 Å². The summed E-state index contributed by atoms with van der Waals surface area (Å²) in [5, 5.41) is 3.38. The van der Waals surface area contributed by atoms with E-state index in [9.17, 15) is 0 Å². The Morgan fingerprint density at radius 1 is 1.24 bits per heavy atom. The van der Waals surface area contributed by atoms with E-state index in [1.54, 1.807) is 0 Å². The van der Waals surface area contributed by atoms with Crippen LogP contribution in [-0.4, -0.2) is 42.8 Å². The van der Waals surface area contributed by atoms with E-state index < -0.39 is 0 Å². The Balaban J connectivity index is 2.25. The van der Waals surface area contributed by atoms with Crippen molar-refractivity contribution >= 4 is 11.6 Å². The fraction of sp³-hybridized carbons (Fsp3) is 0.750. The molecule has 5 nitrogen and oxygen atoms in total. The standard InChI is InChI=1S/C16H28N4O/c1-5-17-14-12(4)16(19-15(18-14)13-8-9-13)20(6-2)10-11-21-7-3/h13H,5-11H2,1-4H3,(H,17,18,19). The lowest BCUT2D eigenvalue weighted by Gasteiger charge is -2.25. The number of rotatable bonds is 9. The summed E-state index contributed by atoms with van der Waals surface area (Å²) in [6, 6.07) is 0. The number of anilines is 2. The fourth-order valence-corrected chi connectivity index (χ4v) is 2.43. The first-order valence-electron chi connectivity index (χ1n) is 8.16. The number of ether oxygens (including phenoxy) is 1. The van der Waals surface area contributed by atoms with E-state index in [4.69, 9.17) is 14.7 Å². The summed E-state index contributed by atoms with van der Waals surface area (Å²) >= 11 is 0. The molecule has 0 aliphatic heterocycles. The molecule has 0 amide bonds. The molecule has 0 bridgehead atoms. The van der Waals surface area contributed by atoms with E-state index >= 15 is 0 Å². The van der Waals surface area contributed by atoms with Crippen LogP contribution in [0.25, 0.3) is 0 Å². The van der Waals surface area contributed by atoms with Gasteiger partial charge in [0, 0.05) is 37.7 Å². The van der Waals surface area contributed by atoms with Crippen LogP contribution < -0.4 is 10.2 Å². The maximum atomic E-state index is 5.49. The van der Waals surface area contributed by atoms with Crippen molar-refractivity contribution in [3.63, 3.8) is 0 Å². The first-order chi connectivity index (χ1) is 10.2. The van der Waals surface area contributed by atoms with Crippen molar-refractivity contribution in [3.8, 4) is 0 Å². The molecule has 118 valence electrons. The SMILES string of the molecule is CCNc1nc(C2CC2)nc(N(CC)CCOCC)c1C. The number of likely N-dealkylation sites (N-methyl/N-ethyl adjacent to an activating group) is 1. The van der Waals surface area contributed by atoms with Crippen molar-refractivity contribution in [3.05, 3.63) is 11.4 Å². The largest absolute Gasteiger partial charge is 0.380 e. The smallest absolute Gasteiger partial charge is 0.137 e. The van der Waals surface area contributed by atoms with Crippen LogP contribution in [0.4, 0.5) is 11.6 Å². The number of nitrogens with one attached hydrogen (secondary N) is 1. The van der Waals surface area contributed by atoms with E-state index in [2.05, 4.69) is 31.0 Å². The van der Waals surface area contributed by atoms with E-state index in [1.807, 2.05) is 6.92 Å². The van der Waals surface area contributed by atoms with Crippen LogP contribution in [0.1, 0.15) is 50.9 Å². The molecule has 1 aromatic heterocycles. The van der Waals surface area contributed by atoms with E-state index in [1.165, 1.54) is 12.8 Å². The first kappa shape index (κ1) is 16.0. The maximum absolute atomic E-state index is 5.49. The molecule has 1 heterocycles. The van der Waals surface area contributed by atoms with Crippen molar-refractivity contribution in [2.45, 2.75) is 46.5 Å². The molecular weight excluding hydrogens is 264 g/mol. The second-order valence-corrected chi connectivity index (χ2v) is 5.46. The minimum absolute atomic E-state index is 0.562. The topological polar surface area (TPSA) is 50.3 Å². The van der Waals surface area contributed by atoms with Gasteiger partial charge in [-0.2, -0.15) is 0 Å². The summed E-state index contributed by atoms with van der Waals surface area (Å²) in [5.74, 6) is 3.61. The third-order valence-electron chi connectivity index (χ3n) is 3.82. The van der Waals surface area contributed by atoms with Gasteiger partial charge in [-0.05, 0) is 40.5 Å². The zero-order valence-corrected chi connectivity index (χ0v) is 13.8. The molecule has 0 radical (unpaired) electrons. The maximum Gasteiger partial charge on any atom is 0.137 e. The Bertz CT molecular complexity index is 460. The van der Waals surface area contributed by atoms with Crippen LogP contribution >= 0.6 is 0 Å². The first-order valence-corrected chi connectivity index (χ1v) is 8.16. The second-order valence-electron chi connectivity index (χ2n) is 5.46. The van der Waals surface area contributed by atoms with Gasteiger partial charge in [0.1, 0.15) is 17.5 Å². The zero-order chi connectivity index (χ0) is 15.2. The molecule has 1 N–H and O–H groups in total.